The van der Waals surface area contributed by atoms with Crippen LogP contribution in [0.15, 0.2) is 23.1 Å². The van der Waals surface area contributed by atoms with Gasteiger partial charge in [0.2, 0.25) is 15.9 Å². The maximum atomic E-state index is 13.6. The van der Waals surface area contributed by atoms with Gasteiger partial charge in [0.05, 0.1) is 10.6 Å². The number of carbonyl (C=O) groups is 1. The van der Waals surface area contributed by atoms with Gasteiger partial charge in [0.15, 0.2) is 0 Å². The predicted octanol–water partition coefficient (Wildman–Crippen LogP) is 1.48. The number of hydrogen-bond acceptors (Lipinski definition) is 4. The number of nitrogens with one attached hydrogen (secondary N) is 3. The van der Waals surface area contributed by atoms with E-state index in [1.165, 1.54) is 13.0 Å². The number of hydrogen-bond donors (Lipinski definition) is 3. The van der Waals surface area contributed by atoms with Gasteiger partial charge in [-0.25, -0.2) is 17.5 Å². The Morgan fingerprint density at radius 3 is 2.70 bits per heavy atom. The fraction of sp³-hybridized carbons (Fsp3) is 0.500. The van der Waals surface area contributed by atoms with Gasteiger partial charge >= 0.3 is 0 Å². The van der Waals surface area contributed by atoms with Crippen molar-refractivity contribution in [2.45, 2.75) is 31.2 Å². The second-order valence-corrected chi connectivity index (χ2v) is 7.23. The van der Waals surface area contributed by atoms with Crippen LogP contribution in [-0.4, -0.2) is 33.5 Å². The highest BCUT2D eigenvalue weighted by atomic mass is 35.5. The molecule has 2 unspecified atom stereocenters. The first-order valence-electron chi connectivity index (χ1n) is 7.10. The first-order valence-corrected chi connectivity index (χ1v) is 8.58. The van der Waals surface area contributed by atoms with Crippen molar-refractivity contribution in [3.8, 4) is 0 Å². The molecule has 1 amide bonds. The van der Waals surface area contributed by atoms with E-state index >= 15 is 0 Å². The summed E-state index contributed by atoms with van der Waals surface area (Å²) in [7, 11) is -3.76. The lowest BCUT2D eigenvalue weighted by atomic mass is 9.97. The Morgan fingerprint density at radius 1 is 1.39 bits per heavy atom. The Kier molecular flexibility index (Phi) is 6.94. The zero-order valence-corrected chi connectivity index (χ0v) is 14.6. The molecule has 1 aliphatic rings. The van der Waals surface area contributed by atoms with Crippen LogP contribution in [0.4, 0.5) is 10.1 Å². The topological polar surface area (TPSA) is 87.3 Å². The number of sulfonamides is 1. The van der Waals surface area contributed by atoms with Crippen molar-refractivity contribution < 1.29 is 17.6 Å². The van der Waals surface area contributed by atoms with Crippen LogP contribution in [0.1, 0.15) is 20.3 Å². The molecule has 23 heavy (non-hydrogen) atoms. The summed E-state index contributed by atoms with van der Waals surface area (Å²) in [6.45, 7) is 4.69. The molecular weight excluding hydrogens is 345 g/mol. The largest absolute Gasteiger partial charge is 0.324 e. The average Bonchev–Trinajstić information content (AvgIpc) is 2.43. The van der Waals surface area contributed by atoms with Crippen molar-refractivity contribution in [1.29, 1.82) is 0 Å². The van der Waals surface area contributed by atoms with E-state index in [2.05, 4.69) is 15.4 Å². The lowest BCUT2D eigenvalue weighted by Crippen LogP contribution is -2.48. The number of halogens is 2. The van der Waals surface area contributed by atoms with Gasteiger partial charge in [-0.3, -0.25) is 4.79 Å². The summed E-state index contributed by atoms with van der Waals surface area (Å²) in [6, 6.07) is 3.19. The van der Waals surface area contributed by atoms with Crippen LogP contribution in [-0.2, 0) is 14.8 Å². The van der Waals surface area contributed by atoms with Crippen LogP contribution < -0.4 is 15.4 Å². The molecule has 1 saturated heterocycles. The Labute approximate surface area is 141 Å². The minimum Gasteiger partial charge on any atom is -0.324 e. The number of carbonyl (C=O) groups excluding carboxylic acids is 1. The Hall–Kier alpha value is -1.22. The van der Waals surface area contributed by atoms with Crippen LogP contribution in [0.3, 0.4) is 0 Å². The predicted molar refractivity (Wildman–Crippen MR) is 88.7 cm³/mol. The molecule has 1 aliphatic heterocycles. The summed E-state index contributed by atoms with van der Waals surface area (Å²) in [4.78, 5) is 11.0. The molecule has 130 valence electrons. The molecule has 2 rings (SSSR count). The summed E-state index contributed by atoms with van der Waals surface area (Å²) in [6.07, 6.45) is 0.695. The SMILES string of the molecule is CC(=O)Nc1cc(S(=O)(=O)NC2CCNCC2C)ccc1F.Cl. The number of anilines is 1. The van der Waals surface area contributed by atoms with Crippen LogP contribution in [0.25, 0.3) is 0 Å². The van der Waals surface area contributed by atoms with Crippen LogP contribution in [0.5, 0.6) is 0 Å². The molecule has 1 aromatic rings. The first-order chi connectivity index (χ1) is 10.3. The first kappa shape index (κ1) is 19.8. The Balaban J connectivity index is 0.00000264. The summed E-state index contributed by atoms with van der Waals surface area (Å²) < 4.78 is 41.1. The summed E-state index contributed by atoms with van der Waals surface area (Å²) in [5.41, 5.74) is -0.145. The number of piperidine rings is 1. The molecule has 1 aromatic carbocycles. The zero-order chi connectivity index (χ0) is 16.3. The fourth-order valence-corrected chi connectivity index (χ4v) is 3.82. The van der Waals surface area contributed by atoms with Gasteiger partial charge < -0.3 is 10.6 Å². The molecule has 0 radical (unpaired) electrons. The second-order valence-electron chi connectivity index (χ2n) is 5.52. The average molecular weight is 366 g/mol. The Bertz CT molecular complexity index is 669. The molecule has 0 saturated carbocycles. The van der Waals surface area contributed by atoms with Gasteiger partial charge in [0.25, 0.3) is 0 Å². The highest BCUT2D eigenvalue weighted by Gasteiger charge is 2.27. The number of rotatable bonds is 4. The fourth-order valence-electron chi connectivity index (χ4n) is 2.41. The van der Waals surface area contributed by atoms with Gasteiger partial charge in [-0.05, 0) is 43.6 Å². The van der Waals surface area contributed by atoms with Crippen molar-refractivity contribution in [1.82, 2.24) is 10.0 Å². The van der Waals surface area contributed by atoms with Crippen molar-refractivity contribution in [2.24, 2.45) is 5.92 Å². The van der Waals surface area contributed by atoms with E-state index in [9.17, 15) is 17.6 Å². The summed E-state index contributed by atoms with van der Waals surface area (Å²) >= 11 is 0. The summed E-state index contributed by atoms with van der Waals surface area (Å²) in [5.74, 6) is -0.975. The molecule has 0 bridgehead atoms. The molecule has 3 N–H and O–H groups in total. The molecule has 0 spiro atoms. The molecule has 0 aromatic heterocycles. The van der Waals surface area contributed by atoms with Gasteiger partial charge in [-0.15, -0.1) is 12.4 Å². The second kappa shape index (κ2) is 8.05. The molecular formula is C14H21ClFN3O3S. The standard InChI is InChI=1S/C14H20FN3O3S.ClH/c1-9-8-16-6-5-13(9)18-22(20,21)11-3-4-12(15)14(7-11)17-10(2)19;/h3-4,7,9,13,16,18H,5-6,8H2,1-2H3,(H,17,19);1H. The van der Waals surface area contributed by atoms with Gasteiger partial charge in [-0.1, -0.05) is 6.92 Å². The lowest BCUT2D eigenvalue weighted by molar-refractivity contribution is -0.114. The van der Waals surface area contributed by atoms with E-state index in [0.29, 0.717) is 6.42 Å². The van der Waals surface area contributed by atoms with Gasteiger partial charge in [-0.2, -0.15) is 0 Å². The third-order valence-corrected chi connectivity index (χ3v) is 5.14. The minimum absolute atomic E-state index is 0. The van der Waals surface area contributed by atoms with E-state index in [1.807, 2.05) is 6.92 Å². The van der Waals surface area contributed by atoms with E-state index in [0.717, 1.165) is 25.2 Å². The van der Waals surface area contributed by atoms with Crippen LogP contribution in [0.2, 0.25) is 0 Å². The lowest BCUT2D eigenvalue weighted by Gasteiger charge is -2.30. The third kappa shape index (κ3) is 5.13. The van der Waals surface area contributed by atoms with E-state index in [1.54, 1.807) is 0 Å². The monoisotopic (exact) mass is 365 g/mol. The maximum absolute atomic E-state index is 13.6. The smallest absolute Gasteiger partial charge is 0.240 e. The highest BCUT2D eigenvalue weighted by molar-refractivity contribution is 7.89. The Morgan fingerprint density at radius 2 is 2.09 bits per heavy atom. The highest BCUT2D eigenvalue weighted by Crippen LogP contribution is 2.21. The molecule has 1 fully saturated rings. The van der Waals surface area contributed by atoms with Gasteiger partial charge in [0.1, 0.15) is 5.82 Å². The molecule has 6 nitrogen and oxygen atoms in total. The van der Waals surface area contributed by atoms with E-state index in [4.69, 9.17) is 0 Å². The van der Waals surface area contributed by atoms with Gasteiger partial charge in [0, 0.05) is 13.0 Å². The van der Waals surface area contributed by atoms with Crippen molar-refractivity contribution in [3.63, 3.8) is 0 Å². The third-order valence-electron chi connectivity index (χ3n) is 3.65. The van der Waals surface area contributed by atoms with E-state index < -0.39 is 21.7 Å². The minimum atomic E-state index is -3.76. The van der Waals surface area contributed by atoms with Crippen LogP contribution in [0, 0.1) is 11.7 Å². The van der Waals surface area contributed by atoms with E-state index in [-0.39, 0.29) is 34.9 Å². The van der Waals surface area contributed by atoms with Crippen molar-refractivity contribution in [3.05, 3.63) is 24.0 Å². The zero-order valence-electron chi connectivity index (χ0n) is 12.9. The normalized spacial score (nSPS) is 21.3. The maximum Gasteiger partial charge on any atom is 0.240 e. The molecule has 1 heterocycles. The molecule has 0 aliphatic carbocycles. The van der Waals surface area contributed by atoms with Crippen molar-refractivity contribution >= 4 is 34.0 Å². The van der Waals surface area contributed by atoms with Crippen molar-refractivity contribution in [2.75, 3.05) is 18.4 Å². The number of amides is 1. The molecule has 2 atom stereocenters. The quantitative estimate of drug-likeness (QED) is 0.754. The van der Waals surface area contributed by atoms with Crippen LogP contribution >= 0.6 is 12.4 Å². The molecule has 9 heteroatoms. The number of benzene rings is 1. The summed E-state index contributed by atoms with van der Waals surface area (Å²) in [5, 5.41) is 5.48.